The molecule has 0 aliphatic carbocycles. The van der Waals surface area contributed by atoms with Crippen LogP contribution in [0.15, 0.2) is 54.6 Å². The molecule has 0 aromatic heterocycles. The van der Waals surface area contributed by atoms with Crippen molar-refractivity contribution < 1.29 is 14.5 Å². The van der Waals surface area contributed by atoms with Crippen molar-refractivity contribution in [2.24, 2.45) is 0 Å². The van der Waals surface area contributed by atoms with Crippen LogP contribution in [0.25, 0.3) is 0 Å². The second kappa shape index (κ2) is 5.49. The molecule has 0 saturated carbocycles. The zero-order chi connectivity index (χ0) is 17.7. The van der Waals surface area contributed by atoms with Crippen LogP contribution in [0.3, 0.4) is 0 Å². The monoisotopic (exact) mass is 337 g/mol. The molecular weight excluding hydrogens is 318 g/mol. The van der Waals surface area contributed by atoms with Gasteiger partial charge in [0.1, 0.15) is 0 Å². The third-order valence-electron chi connectivity index (χ3n) is 5.54. The maximum Gasteiger partial charge on any atom is 0.269 e. The first-order valence-corrected chi connectivity index (χ1v) is 8.48. The summed E-state index contributed by atoms with van der Waals surface area (Å²) >= 11 is 0. The molecule has 5 nitrogen and oxygen atoms in total. The van der Waals surface area contributed by atoms with Crippen LogP contribution in [-0.2, 0) is 15.1 Å². The van der Waals surface area contributed by atoms with Crippen molar-refractivity contribution >= 4 is 11.5 Å². The minimum absolute atomic E-state index is 0.0143. The molecule has 3 unspecified atom stereocenters. The molecule has 2 bridgehead atoms. The van der Waals surface area contributed by atoms with Crippen molar-refractivity contribution in [3.8, 4) is 0 Å². The summed E-state index contributed by atoms with van der Waals surface area (Å²) in [5, 5.41) is 11.0. The Morgan fingerprint density at radius 2 is 1.80 bits per heavy atom. The van der Waals surface area contributed by atoms with Crippen LogP contribution in [0.5, 0.6) is 0 Å². The molecule has 0 amide bonds. The molecule has 0 radical (unpaired) electrons. The lowest BCUT2D eigenvalue weighted by Gasteiger charge is -2.39. The normalized spacial score (nSPS) is 31.1. The molecule has 2 fully saturated rings. The fourth-order valence-corrected chi connectivity index (χ4v) is 4.33. The molecule has 2 aromatic rings. The van der Waals surface area contributed by atoms with Crippen molar-refractivity contribution in [2.75, 3.05) is 0 Å². The molecule has 25 heavy (non-hydrogen) atoms. The molecule has 5 heteroatoms. The average Bonchev–Trinajstić information content (AvgIpc) is 2.90. The van der Waals surface area contributed by atoms with Gasteiger partial charge in [-0.2, -0.15) is 0 Å². The fraction of sp³-hybridized carbons (Fsp3) is 0.350. The lowest BCUT2D eigenvalue weighted by Crippen LogP contribution is -2.45. The number of Topliss-reactive ketones (excluding diaryl/α,β-unsaturated/α-hetero) is 1. The van der Waals surface area contributed by atoms with Gasteiger partial charge in [0.05, 0.1) is 10.5 Å². The predicted molar refractivity (Wildman–Crippen MR) is 92.3 cm³/mol. The number of benzene rings is 2. The molecule has 0 N–H and O–H groups in total. The van der Waals surface area contributed by atoms with Crippen LogP contribution < -0.4 is 0 Å². The Bertz CT molecular complexity index is 833. The number of ketones is 1. The molecule has 2 saturated heterocycles. The van der Waals surface area contributed by atoms with Gasteiger partial charge in [0.25, 0.3) is 5.69 Å². The van der Waals surface area contributed by atoms with E-state index in [1.54, 1.807) is 12.1 Å². The molecule has 2 aliphatic heterocycles. The third-order valence-corrected chi connectivity index (χ3v) is 5.54. The van der Waals surface area contributed by atoms with E-state index in [0.717, 1.165) is 12.0 Å². The third kappa shape index (κ3) is 2.38. The minimum Gasteiger partial charge on any atom is -0.356 e. The zero-order valence-electron chi connectivity index (χ0n) is 14.0. The second-order valence-electron chi connectivity index (χ2n) is 7.18. The molecule has 2 aromatic carbocycles. The van der Waals surface area contributed by atoms with E-state index < -0.39 is 10.5 Å². The van der Waals surface area contributed by atoms with Gasteiger partial charge in [0.2, 0.25) is 0 Å². The highest BCUT2D eigenvalue weighted by Gasteiger charge is 2.62. The van der Waals surface area contributed by atoms with E-state index >= 15 is 0 Å². The summed E-state index contributed by atoms with van der Waals surface area (Å²) in [6.07, 6.45) is 1.94. The maximum absolute atomic E-state index is 13.1. The van der Waals surface area contributed by atoms with E-state index in [4.69, 9.17) is 4.74 Å². The van der Waals surface area contributed by atoms with Gasteiger partial charge in [-0.25, -0.2) is 0 Å². The summed E-state index contributed by atoms with van der Waals surface area (Å²) in [7, 11) is 0. The van der Waals surface area contributed by atoms with Crippen LogP contribution >= 0.6 is 0 Å². The number of fused-ring (bicyclic) bond motifs is 2. The van der Waals surface area contributed by atoms with Crippen LogP contribution in [0.4, 0.5) is 5.69 Å². The molecule has 4 rings (SSSR count). The largest absolute Gasteiger partial charge is 0.356 e. The van der Waals surface area contributed by atoms with E-state index in [9.17, 15) is 14.9 Å². The Hall–Kier alpha value is -2.53. The van der Waals surface area contributed by atoms with Crippen molar-refractivity contribution in [3.05, 3.63) is 75.8 Å². The number of nitro benzene ring substituents is 1. The molecule has 2 aliphatic rings. The first-order chi connectivity index (χ1) is 11.9. The van der Waals surface area contributed by atoms with E-state index in [0.29, 0.717) is 18.4 Å². The summed E-state index contributed by atoms with van der Waals surface area (Å²) in [5.74, 6) is -0.0275. The number of hydrogen-bond acceptors (Lipinski definition) is 4. The Balaban J connectivity index is 1.87. The Kier molecular flexibility index (Phi) is 3.51. The van der Waals surface area contributed by atoms with Gasteiger partial charge in [-0.15, -0.1) is 0 Å². The number of carbonyl (C=O) groups excluding carboxylic acids is 1. The van der Waals surface area contributed by atoms with E-state index in [-0.39, 0.29) is 23.0 Å². The highest BCUT2D eigenvalue weighted by molar-refractivity contribution is 5.91. The second-order valence-corrected chi connectivity index (χ2v) is 7.18. The van der Waals surface area contributed by atoms with Crippen LogP contribution in [0.2, 0.25) is 0 Å². The minimum atomic E-state index is -1.05. The van der Waals surface area contributed by atoms with E-state index in [1.165, 1.54) is 12.1 Å². The molecule has 128 valence electrons. The molecule has 3 atom stereocenters. The highest BCUT2D eigenvalue weighted by atomic mass is 16.6. The fourth-order valence-electron chi connectivity index (χ4n) is 4.33. The van der Waals surface area contributed by atoms with Crippen molar-refractivity contribution in [1.29, 1.82) is 0 Å². The van der Waals surface area contributed by atoms with Gasteiger partial charge in [0, 0.05) is 24.5 Å². The molecular formula is C20H19NO4. The predicted octanol–water partition coefficient (Wildman–Crippen LogP) is 4.12. The number of carbonyl (C=O) groups is 1. The van der Waals surface area contributed by atoms with Crippen molar-refractivity contribution in [2.45, 2.75) is 43.3 Å². The van der Waals surface area contributed by atoms with E-state index in [1.807, 2.05) is 30.3 Å². The standard InChI is InChI=1S/C20H19NO4/c1-19-12-11-18(22)20(25-19,15-7-9-16(10-8-15)21(23)24)17(13-19)14-5-3-2-4-6-14/h2-10,17H,11-13H2,1H3. The summed E-state index contributed by atoms with van der Waals surface area (Å²) < 4.78 is 6.42. The first-order valence-electron chi connectivity index (χ1n) is 8.48. The summed E-state index contributed by atoms with van der Waals surface area (Å²) in [5.41, 5.74) is 0.389. The van der Waals surface area contributed by atoms with Gasteiger partial charge in [0.15, 0.2) is 11.4 Å². The molecule has 2 heterocycles. The summed E-state index contributed by atoms with van der Waals surface area (Å²) in [4.78, 5) is 23.6. The number of nitrogens with zero attached hydrogens (tertiary/aromatic N) is 1. The number of rotatable bonds is 3. The van der Waals surface area contributed by atoms with Gasteiger partial charge < -0.3 is 4.74 Å². The Morgan fingerprint density at radius 3 is 2.44 bits per heavy atom. The number of ether oxygens (including phenoxy) is 1. The van der Waals surface area contributed by atoms with Crippen LogP contribution in [0.1, 0.15) is 43.2 Å². The average molecular weight is 337 g/mol. The Morgan fingerprint density at radius 1 is 1.12 bits per heavy atom. The number of nitro groups is 1. The SMILES string of the molecule is CC12CCC(=O)C(c3ccc([N+](=O)[O-])cc3)(O1)C(c1ccccc1)C2. The number of hydrogen-bond donors (Lipinski definition) is 0. The summed E-state index contributed by atoms with van der Waals surface area (Å²) in [6, 6.07) is 16.2. The van der Waals surface area contributed by atoms with Crippen LogP contribution in [-0.4, -0.2) is 16.3 Å². The van der Waals surface area contributed by atoms with Gasteiger partial charge in [-0.3, -0.25) is 14.9 Å². The van der Waals surface area contributed by atoms with Crippen molar-refractivity contribution in [3.63, 3.8) is 0 Å². The lowest BCUT2D eigenvalue weighted by molar-refractivity contribution is -0.384. The van der Waals surface area contributed by atoms with E-state index in [2.05, 4.69) is 6.92 Å². The highest BCUT2D eigenvalue weighted by Crippen LogP contribution is 2.58. The summed E-state index contributed by atoms with van der Waals surface area (Å²) in [6.45, 7) is 2.06. The van der Waals surface area contributed by atoms with Crippen molar-refractivity contribution in [1.82, 2.24) is 0 Å². The zero-order valence-corrected chi connectivity index (χ0v) is 14.0. The van der Waals surface area contributed by atoms with Gasteiger partial charge in [-0.1, -0.05) is 30.3 Å². The molecule has 0 spiro atoms. The van der Waals surface area contributed by atoms with Gasteiger partial charge in [-0.05, 0) is 43.0 Å². The first kappa shape index (κ1) is 16.0. The Labute approximate surface area is 145 Å². The van der Waals surface area contributed by atoms with Gasteiger partial charge >= 0.3 is 0 Å². The van der Waals surface area contributed by atoms with Crippen LogP contribution in [0, 0.1) is 10.1 Å². The number of non-ortho nitro benzene ring substituents is 1. The lowest BCUT2D eigenvalue weighted by atomic mass is 9.74. The smallest absolute Gasteiger partial charge is 0.269 e. The maximum atomic E-state index is 13.1. The quantitative estimate of drug-likeness (QED) is 0.624. The topological polar surface area (TPSA) is 69.4 Å².